The summed E-state index contributed by atoms with van der Waals surface area (Å²) in [6.45, 7) is 2.79. The number of esters is 6. The maximum atomic E-state index is 12.5. The molecule has 0 saturated heterocycles. The van der Waals surface area contributed by atoms with Gasteiger partial charge in [0.25, 0.3) is 0 Å². The van der Waals surface area contributed by atoms with Gasteiger partial charge in [0.05, 0.1) is 35.5 Å². The van der Waals surface area contributed by atoms with Crippen molar-refractivity contribution in [2.24, 2.45) is 70.0 Å². The van der Waals surface area contributed by atoms with Crippen LogP contribution >= 0.6 is 0 Å². The minimum atomic E-state index is -1.18. The number of allylic oxidation sites excluding steroid dienone is 8. The van der Waals surface area contributed by atoms with Crippen LogP contribution in [0.2, 0.25) is 0 Å². The van der Waals surface area contributed by atoms with Crippen LogP contribution in [-0.2, 0) is 57.2 Å². The Kier molecular flexibility index (Phi) is 13.7. The molecule has 8 rings (SSSR count). The molecular formula is C46H60O14. The number of aliphatic hydroxyl groups excluding tert-OH is 2. The molecule has 14 atom stereocenters. The van der Waals surface area contributed by atoms with Gasteiger partial charge in [-0.2, -0.15) is 0 Å². The first kappa shape index (κ1) is 43.8. The third-order valence-corrected chi connectivity index (χ3v) is 14.2. The van der Waals surface area contributed by atoms with Crippen molar-refractivity contribution >= 4 is 35.8 Å². The second-order valence-corrected chi connectivity index (χ2v) is 18.7. The third-order valence-electron chi connectivity index (χ3n) is 14.2. The van der Waals surface area contributed by atoms with Gasteiger partial charge in [0.15, 0.2) is 0 Å². The van der Waals surface area contributed by atoms with Crippen LogP contribution in [0.15, 0.2) is 48.6 Å². The Morgan fingerprint density at radius 1 is 0.500 bits per heavy atom. The van der Waals surface area contributed by atoms with Crippen molar-refractivity contribution in [3.63, 3.8) is 0 Å². The van der Waals surface area contributed by atoms with E-state index in [4.69, 9.17) is 28.4 Å². The van der Waals surface area contributed by atoms with E-state index in [0.29, 0.717) is 35.5 Å². The summed E-state index contributed by atoms with van der Waals surface area (Å²) in [5.41, 5.74) is -1.17. The average Bonchev–Trinajstić information content (AvgIpc) is 4.11. The molecule has 0 aromatic heterocycles. The molecule has 4 fully saturated rings. The highest BCUT2D eigenvalue weighted by molar-refractivity contribution is 5.79. The number of carbonyl (C=O) groups is 6. The number of fused-ring (bicyclic) bond motifs is 8. The number of hydrogen-bond acceptors (Lipinski definition) is 14. The zero-order valence-corrected chi connectivity index (χ0v) is 34.7. The first-order valence-electron chi connectivity index (χ1n) is 21.8. The van der Waals surface area contributed by atoms with E-state index in [1.807, 2.05) is 26.0 Å². The molecule has 0 spiro atoms. The number of hydrogen-bond donors (Lipinski definition) is 2. The summed E-state index contributed by atoms with van der Waals surface area (Å²) in [7, 11) is 0. The van der Waals surface area contributed by atoms with Crippen LogP contribution in [-0.4, -0.2) is 97.9 Å². The van der Waals surface area contributed by atoms with E-state index in [1.54, 1.807) is 0 Å². The maximum absolute atomic E-state index is 12.5. The minimum Gasteiger partial charge on any atom is -0.463 e. The topological polar surface area (TPSA) is 198 Å². The van der Waals surface area contributed by atoms with Gasteiger partial charge in [-0.1, -0.05) is 48.6 Å². The average molecular weight is 837 g/mol. The second-order valence-electron chi connectivity index (χ2n) is 18.7. The Morgan fingerprint density at radius 3 is 1.20 bits per heavy atom. The number of rotatable bonds is 18. The van der Waals surface area contributed by atoms with Crippen LogP contribution in [0.5, 0.6) is 0 Å². The largest absolute Gasteiger partial charge is 0.463 e. The van der Waals surface area contributed by atoms with Crippen molar-refractivity contribution in [2.45, 2.75) is 90.3 Å². The number of carbonyl (C=O) groups excluding carboxylic acids is 6. The Bertz CT molecular complexity index is 1640. The first-order valence-corrected chi connectivity index (χ1v) is 21.8. The summed E-state index contributed by atoms with van der Waals surface area (Å²) >= 11 is 0. The van der Waals surface area contributed by atoms with Gasteiger partial charge in [0.1, 0.15) is 51.8 Å². The Balaban J connectivity index is 0.000000208. The molecule has 14 heteroatoms. The zero-order chi connectivity index (χ0) is 42.6. The van der Waals surface area contributed by atoms with E-state index in [1.165, 1.54) is 0 Å². The molecule has 60 heavy (non-hydrogen) atoms. The van der Waals surface area contributed by atoms with Crippen LogP contribution in [0, 0.1) is 70.0 Å². The quantitative estimate of drug-likeness (QED) is 0.0855. The molecule has 8 aliphatic rings. The SMILES string of the molecule is CC1(C(=O)OCC(O)COC(=O)CCC(=O)OCC(O)COC(=O)C2(C)CC3C=CC2C3)CC2C=CC1C2.O=C(OCCOC(=O)C1CC2C=CC1C2)C1CC2C=CC1C2. The molecule has 14 nitrogen and oxygen atoms in total. The zero-order valence-electron chi connectivity index (χ0n) is 34.7. The molecule has 8 bridgehead atoms. The van der Waals surface area contributed by atoms with Crippen LogP contribution in [0.1, 0.15) is 78.1 Å². The lowest BCUT2D eigenvalue weighted by Crippen LogP contribution is -2.36. The fourth-order valence-electron chi connectivity index (χ4n) is 10.8. The van der Waals surface area contributed by atoms with Gasteiger partial charge in [-0.25, -0.2) is 0 Å². The monoisotopic (exact) mass is 836 g/mol. The lowest BCUT2D eigenvalue weighted by molar-refractivity contribution is -0.164. The van der Waals surface area contributed by atoms with E-state index in [9.17, 15) is 39.0 Å². The van der Waals surface area contributed by atoms with E-state index < -0.39 is 35.0 Å². The maximum Gasteiger partial charge on any atom is 0.312 e. The molecule has 0 aliphatic heterocycles. The molecule has 0 heterocycles. The van der Waals surface area contributed by atoms with E-state index >= 15 is 0 Å². The summed E-state index contributed by atoms with van der Waals surface area (Å²) in [4.78, 5) is 72.8. The van der Waals surface area contributed by atoms with Crippen molar-refractivity contribution in [1.82, 2.24) is 0 Å². The Labute approximate surface area is 351 Å². The highest BCUT2D eigenvalue weighted by Gasteiger charge is 2.52. The van der Waals surface area contributed by atoms with Gasteiger partial charge in [-0.15, -0.1) is 0 Å². The normalized spacial score (nSPS) is 36.1. The highest BCUT2D eigenvalue weighted by Crippen LogP contribution is 2.53. The highest BCUT2D eigenvalue weighted by atomic mass is 16.6. The smallest absolute Gasteiger partial charge is 0.312 e. The molecule has 8 aliphatic carbocycles. The van der Waals surface area contributed by atoms with Crippen LogP contribution in [0.25, 0.3) is 0 Å². The fraction of sp³-hybridized carbons (Fsp3) is 0.696. The van der Waals surface area contributed by atoms with Gasteiger partial charge < -0.3 is 38.6 Å². The van der Waals surface area contributed by atoms with E-state index in [-0.39, 0.29) is 100 Å². The molecule has 4 saturated carbocycles. The lowest BCUT2D eigenvalue weighted by Gasteiger charge is -2.29. The van der Waals surface area contributed by atoms with Gasteiger partial charge >= 0.3 is 35.8 Å². The van der Waals surface area contributed by atoms with Crippen molar-refractivity contribution < 1.29 is 67.4 Å². The molecule has 14 unspecified atom stereocenters. The molecule has 328 valence electrons. The fourth-order valence-corrected chi connectivity index (χ4v) is 10.8. The molecule has 2 N–H and O–H groups in total. The van der Waals surface area contributed by atoms with Crippen molar-refractivity contribution in [3.05, 3.63) is 48.6 Å². The molecule has 0 amide bonds. The molecule has 0 radical (unpaired) electrons. The summed E-state index contributed by atoms with van der Waals surface area (Å²) < 4.78 is 31.0. The van der Waals surface area contributed by atoms with Gasteiger partial charge in [-0.05, 0) is 113 Å². The molecule has 0 aromatic carbocycles. The Hall–Kier alpha value is -4.30. The number of aliphatic hydroxyl groups is 2. The number of ether oxygens (including phenoxy) is 6. The van der Waals surface area contributed by atoms with E-state index in [2.05, 4.69) is 36.5 Å². The van der Waals surface area contributed by atoms with Gasteiger partial charge in [0.2, 0.25) is 0 Å². The van der Waals surface area contributed by atoms with Crippen molar-refractivity contribution in [3.8, 4) is 0 Å². The van der Waals surface area contributed by atoms with Gasteiger partial charge in [-0.3, -0.25) is 28.8 Å². The second kappa shape index (κ2) is 18.8. The van der Waals surface area contributed by atoms with Crippen LogP contribution in [0.4, 0.5) is 0 Å². The third kappa shape index (κ3) is 10.1. The minimum absolute atomic E-state index is 0.0152. The van der Waals surface area contributed by atoms with Crippen LogP contribution in [0.3, 0.4) is 0 Å². The summed E-state index contributed by atoms with van der Waals surface area (Å²) in [5.74, 6) is 0.544. The van der Waals surface area contributed by atoms with E-state index in [0.717, 1.165) is 51.4 Å². The van der Waals surface area contributed by atoms with Crippen molar-refractivity contribution in [1.29, 1.82) is 0 Å². The standard InChI is InChI=1S/C28H38O10.C18H22O4/c1-27(11-17-3-5-19(27)9-17)25(33)37-15-21(29)13-35-23(31)7-8-24(32)36-14-22(30)16-38-26(34)28(2)12-18-4-6-20(28)10-18;19-17(15-9-11-1-3-13(15)7-11)21-5-6-22-18(20)16-10-12-2-4-14(16)8-12/h3-6,17-22,29-30H,7-16H2,1-2H3;1-4,11-16H,5-10H2. The molecular weight excluding hydrogens is 776 g/mol. The summed E-state index contributed by atoms with van der Waals surface area (Å²) in [6, 6.07) is 0. The predicted octanol–water partition coefficient (Wildman–Crippen LogP) is 4.36. The first-order chi connectivity index (χ1) is 28.7. The molecule has 0 aromatic rings. The Morgan fingerprint density at radius 2 is 0.883 bits per heavy atom. The summed E-state index contributed by atoms with van der Waals surface area (Å²) in [6.07, 6.45) is 21.5. The van der Waals surface area contributed by atoms with Crippen molar-refractivity contribution in [2.75, 3.05) is 39.6 Å². The summed E-state index contributed by atoms with van der Waals surface area (Å²) in [5, 5.41) is 20.0. The lowest BCUT2D eigenvalue weighted by atomic mass is 9.78. The van der Waals surface area contributed by atoms with Crippen LogP contribution < -0.4 is 0 Å². The predicted molar refractivity (Wildman–Crippen MR) is 212 cm³/mol. The van der Waals surface area contributed by atoms with Gasteiger partial charge in [0, 0.05) is 0 Å².